The first-order valence-corrected chi connectivity index (χ1v) is 7.23. The summed E-state index contributed by atoms with van der Waals surface area (Å²) in [6.07, 6.45) is 0.792. The molecule has 0 aliphatic rings. The minimum Gasteiger partial charge on any atom is -0.271 e. The smallest absolute Gasteiger partial charge is 0.0501 e. The molecule has 20 heavy (non-hydrogen) atoms. The minimum atomic E-state index is -0.0216. The number of hydrazine groups is 1. The van der Waals surface area contributed by atoms with Crippen molar-refractivity contribution in [3.05, 3.63) is 68.7 Å². The lowest BCUT2D eigenvalue weighted by molar-refractivity contribution is 0.551. The highest BCUT2D eigenvalue weighted by Crippen LogP contribution is 2.26. The van der Waals surface area contributed by atoms with Crippen LogP contribution in [0.1, 0.15) is 28.3 Å². The van der Waals surface area contributed by atoms with Gasteiger partial charge in [0, 0.05) is 10.0 Å². The van der Waals surface area contributed by atoms with Crippen LogP contribution in [-0.4, -0.2) is 0 Å². The summed E-state index contributed by atoms with van der Waals surface area (Å²) in [7, 11) is 0. The molecule has 0 aromatic heterocycles. The molecular formula is C16H18Cl2N2. The molecule has 0 spiro atoms. The van der Waals surface area contributed by atoms with E-state index in [2.05, 4.69) is 37.5 Å². The first-order valence-electron chi connectivity index (χ1n) is 6.48. The SMILES string of the molecule is Cc1ccc(C)c(CC(NN)c2cc(Cl)cc(Cl)c2)c1. The Morgan fingerprint density at radius 3 is 2.30 bits per heavy atom. The van der Waals surface area contributed by atoms with E-state index in [4.69, 9.17) is 29.0 Å². The number of nitrogens with two attached hydrogens (primary N) is 1. The molecule has 0 fully saturated rings. The highest BCUT2D eigenvalue weighted by molar-refractivity contribution is 6.34. The molecule has 106 valence electrons. The number of rotatable bonds is 4. The first kappa shape index (κ1) is 15.3. The van der Waals surface area contributed by atoms with Gasteiger partial charge in [0.25, 0.3) is 0 Å². The topological polar surface area (TPSA) is 38.0 Å². The highest BCUT2D eigenvalue weighted by atomic mass is 35.5. The van der Waals surface area contributed by atoms with Crippen LogP contribution in [0.5, 0.6) is 0 Å². The molecular weight excluding hydrogens is 291 g/mol. The van der Waals surface area contributed by atoms with Crippen LogP contribution >= 0.6 is 23.2 Å². The van der Waals surface area contributed by atoms with Crippen LogP contribution in [0.15, 0.2) is 36.4 Å². The predicted molar refractivity (Wildman–Crippen MR) is 86.1 cm³/mol. The number of aryl methyl sites for hydroxylation is 2. The second kappa shape index (κ2) is 6.59. The lowest BCUT2D eigenvalue weighted by Gasteiger charge is -2.18. The van der Waals surface area contributed by atoms with Crippen LogP contribution in [-0.2, 0) is 6.42 Å². The zero-order valence-corrected chi connectivity index (χ0v) is 13.1. The monoisotopic (exact) mass is 308 g/mol. The number of hydrogen-bond donors (Lipinski definition) is 2. The van der Waals surface area contributed by atoms with Gasteiger partial charge in [-0.15, -0.1) is 0 Å². The molecule has 2 aromatic rings. The van der Waals surface area contributed by atoms with E-state index in [1.165, 1.54) is 16.7 Å². The summed E-state index contributed by atoms with van der Waals surface area (Å²) < 4.78 is 0. The summed E-state index contributed by atoms with van der Waals surface area (Å²) in [5, 5.41) is 1.24. The Hall–Kier alpha value is -1.06. The van der Waals surface area contributed by atoms with E-state index in [9.17, 15) is 0 Å². The molecule has 0 saturated carbocycles. The van der Waals surface area contributed by atoms with Crippen LogP contribution in [0.25, 0.3) is 0 Å². The maximum atomic E-state index is 6.06. The van der Waals surface area contributed by atoms with Crippen molar-refractivity contribution in [3.63, 3.8) is 0 Å². The maximum Gasteiger partial charge on any atom is 0.0501 e. The van der Waals surface area contributed by atoms with Gasteiger partial charge in [0.1, 0.15) is 0 Å². The maximum absolute atomic E-state index is 6.06. The Morgan fingerprint density at radius 2 is 1.70 bits per heavy atom. The Labute approximate surface area is 129 Å². The van der Waals surface area contributed by atoms with Gasteiger partial charge in [-0.2, -0.15) is 0 Å². The van der Waals surface area contributed by atoms with Gasteiger partial charge in [-0.3, -0.25) is 11.3 Å². The molecule has 0 saturated heterocycles. The van der Waals surface area contributed by atoms with E-state index in [1.54, 1.807) is 6.07 Å². The molecule has 1 atom stereocenters. The van der Waals surface area contributed by atoms with Crippen molar-refractivity contribution in [2.75, 3.05) is 0 Å². The molecule has 0 radical (unpaired) electrons. The van der Waals surface area contributed by atoms with Crippen LogP contribution in [0.4, 0.5) is 0 Å². The zero-order chi connectivity index (χ0) is 14.7. The Balaban J connectivity index is 2.30. The standard InChI is InChI=1S/C16H18Cl2N2/c1-10-3-4-11(2)12(5-10)8-16(20-19)13-6-14(17)9-15(18)7-13/h3-7,9,16,20H,8,19H2,1-2H3. The van der Waals surface area contributed by atoms with Crippen molar-refractivity contribution in [1.82, 2.24) is 5.43 Å². The molecule has 0 amide bonds. The Bertz CT molecular complexity index is 591. The van der Waals surface area contributed by atoms with E-state index in [0.29, 0.717) is 10.0 Å². The average molecular weight is 309 g/mol. The second-order valence-corrected chi connectivity index (χ2v) is 5.93. The van der Waals surface area contributed by atoms with Gasteiger partial charge >= 0.3 is 0 Å². The van der Waals surface area contributed by atoms with E-state index >= 15 is 0 Å². The fraction of sp³-hybridized carbons (Fsp3) is 0.250. The van der Waals surface area contributed by atoms with Crippen molar-refractivity contribution in [1.29, 1.82) is 0 Å². The van der Waals surface area contributed by atoms with Crippen molar-refractivity contribution < 1.29 is 0 Å². The van der Waals surface area contributed by atoms with Gasteiger partial charge in [0.15, 0.2) is 0 Å². The van der Waals surface area contributed by atoms with E-state index in [1.807, 2.05) is 12.1 Å². The van der Waals surface area contributed by atoms with Crippen LogP contribution in [0.2, 0.25) is 10.0 Å². The molecule has 0 aliphatic heterocycles. The van der Waals surface area contributed by atoms with Crippen LogP contribution in [0.3, 0.4) is 0 Å². The zero-order valence-electron chi connectivity index (χ0n) is 11.6. The van der Waals surface area contributed by atoms with Gasteiger partial charge in [-0.25, -0.2) is 0 Å². The fourth-order valence-electron chi connectivity index (χ4n) is 2.29. The van der Waals surface area contributed by atoms with Crippen molar-refractivity contribution in [2.45, 2.75) is 26.3 Å². The Morgan fingerprint density at radius 1 is 1.05 bits per heavy atom. The van der Waals surface area contributed by atoms with E-state index in [0.717, 1.165) is 12.0 Å². The quantitative estimate of drug-likeness (QED) is 0.650. The minimum absolute atomic E-state index is 0.0216. The number of hydrogen-bond acceptors (Lipinski definition) is 2. The van der Waals surface area contributed by atoms with Crippen LogP contribution < -0.4 is 11.3 Å². The van der Waals surface area contributed by atoms with Crippen LogP contribution in [0, 0.1) is 13.8 Å². The van der Waals surface area contributed by atoms with Gasteiger partial charge in [0.05, 0.1) is 6.04 Å². The van der Waals surface area contributed by atoms with E-state index in [-0.39, 0.29) is 6.04 Å². The molecule has 0 heterocycles. The van der Waals surface area contributed by atoms with Gasteiger partial charge in [0.2, 0.25) is 0 Å². The molecule has 0 bridgehead atoms. The van der Waals surface area contributed by atoms with E-state index < -0.39 is 0 Å². The lowest BCUT2D eigenvalue weighted by atomic mass is 9.95. The Kier molecular flexibility index (Phi) is 5.06. The summed E-state index contributed by atoms with van der Waals surface area (Å²) in [4.78, 5) is 0. The van der Waals surface area contributed by atoms with Gasteiger partial charge < -0.3 is 0 Å². The molecule has 3 N–H and O–H groups in total. The fourth-order valence-corrected chi connectivity index (χ4v) is 2.83. The summed E-state index contributed by atoms with van der Waals surface area (Å²) in [6, 6.07) is 11.9. The predicted octanol–water partition coefficient (Wildman–Crippen LogP) is 4.36. The third kappa shape index (κ3) is 3.74. The van der Waals surface area contributed by atoms with Gasteiger partial charge in [-0.1, -0.05) is 47.0 Å². The van der Waals surface area contributed by atoms with Crippen molar-refractivity contribution >= 4 is 23.2 Å². The molecule has 0 aliphatic carbocycles. The third-order valence-corrected chi connectivity index (χ3v) is 3.85. The largest absolute Gasteiger partial charge is 0.271 e. The average Bonchev–Trinajstić information content (AvgIpc) is 2.38. The molecule has 4 heteroatoms. The third-order valence-electron chi connectivity index (χ3n) is 3.42. The first-order chi connectivity index (χ1) is 9.49. The summed E-state index contributed by atoms with van der Waals surface area (Å²) >= 11 is 12.1. The van der Waals surface area contributed by atoms with Crippen molar-refractivity contribution in [3.8, 4) is 0 Å². The molecule has 2 nitrogen and oxygen atoms in total. The van der Waals surface area contributed by atoms with Crippen molar-refractivity contribution in [2.24, 2.45) is 5.84 Å². The normalized spacial score (nSPS) is 12.4. The number of benzene rings is 2. The lowest BCUT2D eigenvalue weighted by Crippen LogP contribution is -2.29. The molecule has 2 aromatic carbocycles. The second-order valence-electron chi connectivity index (χ2n) is 5.06. The number of nitrogens with one attached hydrogen (secondary N) is 1. The highest BCUT2D eigenvalue weighted by Gasteiger charge is 2.13. The summed E-state index contributed by atoms with van der Waals surface area (Å²) in [5.41, 5.74) is 7.60. The summed E-state index contributed by atoms with van der Waals surface area (Å²) in [5.74, 6) is 5.70. The summed E-state index contributed by atoms with van der Waals surface area (Å²) in [6.45, 7) is 4.19. The molecule has 2 rings (SSSR count). The molecule has 1 unspecified atom stereocenters. The van der Waals surface area contributed by atoms with Gasteiger partial charge in [-0.05, 0) is 55.2 Å². The number of halogens is 2.